The van der Waals surface area contributed by atoms with Gasteiger partial charge in [-0.15, -0.1) is 0 Å². The second-order valence-corrected chi connectivity index (χ2v) is 5.03. The summed E-state index contributed by atoms with van der Waals surface area (Å²) in [7, 11) is 2.01. The topological polar surface area (TPSA) is 91.1 Å². The molecule has 3 rings (SSSR count). The van der Waals surface area contributed by atoms with E-state index in [1.165, 1.54) is 0 Å². The third-order valence-electron chi connectivity index (χ3n) is 3.91. The van der Waals surface area contributed by atoms with Crippen molar-refractivity contribution in [2.75, 3.05) is 31.6 Å². The summed E-state index contributed by atoms with van der Waals surface area (Å²) in [6.45, 7) is 1.53. The molecule has 3 N–H and O–H groups in total. The van der Waals surface area contributed by atoms with Gasteiger partial charge >= 0.3 is 0 Å². The molecule has 1 saturated heterocycles. The van der Waals surface area contributed by atoms with E-state index < -0.39 is 0 Å². The highest BCUT2D eigenvalue weighted by atomic mass is 16.2. The molecule has 2 aromatic rings. The summed E-state index contributed by atoms with van der Waals surface area (Å²) in [5, 5.41) is 0.999. The van der Waals surface area contributed by atoms with E-state index in [9.17, 15) is 4.79 Å². The van der Waals surface area contributed by atoms with E-state index in [0.29, 0.717) is 6.54 Å². The van der Waals surface area contributed by atoms with Gasteiger partial charge in [-0.2, -0.15) is 0 Å². The van der Waals surface area contributed by atoms with Gasteiger partial charge in [-0.3, -0.25) is 4.79 Å². The van der Waals surface area contributed by atoms with Crippen LogP contribution in [-0.4, -0.2) is 58.5 Å². The molecule has 0 spiro atoms. The molecule has 1 aliphatic rings. The van der Waals surface area contributed by atoms with E-state index >= 15 is 0 Å². The Bertz CT molecular complexity index is 624. The number of aromatic nitrogens is 3. The van der Waals surface area contributed by atoms with Gasteiger partial charge < -0.3 is 20.5 Å². The normalized spacial score (nSPS) is 18.7. The van der Waals surface area contributed by atoms with Gasteiger partial charge in [0, 0.05) is 32.4 Å². The lowest BCUT2D eigenvalue weighted by atomic mass is 10.2. The van der Waals surface area contributed by atoms with Crippen molar-refractivity contribution in [3.05, 3.63) is 18.6 Å². The summed E-state index contributed by atoms with van der Waals surface area (Å²) in [4.78, 5) is 27.2. The Balaban J connectivity index is 1.81. The molecule has 0 aliphatic carbocycles. The fourth-order valence-corrected chi connectivity index (χ4v) is 2.73. The van der Waals surface area contributed by atoms with Crippen LogP contribution in [-0.2, 0) is 4.79 Å². The maximum atomic E-state index is 11.6. The van der Waals surface area contributed by atoms with Crippen molar-refractivity contribution < 1.29 is 4.79 Å². The number of nitrogens with one attached hydrogen (secondary N) is 1. The Hall–Kier alpha value is -2.15. The smallest absolute Gasteiger partial charge is 0.236 e. The summed E-state index contributed by atoms with van der Waals surface area (Å²) in [5.41, 5.74) is 6.24. The molecule has 1 aliphatic heterocycles. The van der Waals surface area contributed by atoms with Gasteiger partial charge in [-0.05, 0) is 12.5 Å². The van der Waals surface area contributed by atoms with Crippen LogP contribution in [0.15, 0.2) is 18.6 Å². The number of hydrogen-bond donors (Lipinski definition) is 2. The minimum atomic E-state index is 0.00961. The summed E-state index contributed by atoms with van der Waals surface area (Å²) >= 11 is 0. The molecule has 3 heterocycles. The summed E-state index contributed by atoms with van der Waals surface area (Å²) in [6, 6.07) is 2.23. The number of nitrogens with two attached hydrogens (primary N) is 1. The molecular weight excluding hydrogens is 256 g/mol. The molecule has 2 aromatic heterocycles. The lowest BCUT2D eigenvalue weighted by molar-refractivity contribution is -0.128. The van der Waals surface area contributed by atoms with Gasteiger partial charge in [0.2, 0.25) is 5.91 Å². The van der Waals surface area contributed by atoms with E-state index in [1.807, 2.05) is 24.2 Å². The third-order valence-corrected chi connectivity index (χ3v) is 3.91. The third kappa shape index (κ3) is 2.09. The summed E-state index contributed by atoms with van der Waals surface area (Å²) in [6.07, 6.45) is 4.34. The number of aromatic amines is 1. The van der Waals surface area contributed by atoms with Crippen molar-refractivity contribution in [3.63, 3.8) is 0 Å². The second-order valence-electron chi connectivity index (χ2n) is 5.03. The van der Waals surface area contributed by atoms with Gasteiger partial charge in [0.05, 0.1) is 11.9 Å². The van der Waals surface area contributed by atoms with Crippen molar-refractivity contribution in [1.82, 2.24) is 19.9 Å². The van der Waals surface area contributed by atoms with Crippen LogP contribution in [0.2, 0.25) is 0 Å². The maximum Gasteiger partial charge on any atom is 0.236 e. The van der Waals surface area contributed by atoms with Crippen LogP contribution < -0.4 is 10.6 Å². The molecule has 0 unspecified atom stereocenters. The SMILES string of the molecule is CN(c1ncnc2[nH]ccc12)[C@@H]1CCN(C(=O)CN)C1. The molecule has 106 valence electrons. The highest BCUT2D eigenvalue weighted by Gasteiger charge is 2.29. The standard InChI is InChI=1S/C13H18N6O/c1-18(9-3-5-19(7-9)11(20)6-14)13-10-2-4-15-12(10)16-8-17-13/h2,4,8-9H,3,5-7,14H2,1H3,(H,15,16,17)/t9-/m1/s1. The minimum Gasteiger partial charge on any atom is -0.354 e. The number of H-pyrrole nitrogens is 1. The number of fused-ring (bicyclic) bond motifs is 1. The largest absolute Gasteiger partial charge is 0.354 e. The number of carbonyl (C=O) groups excluding carboxylic acids is 1. The molecule has 0 aromatic carbocycles. The summed E-state index contributed by atoms with van der Waals surface area (Å²) < 4.78 is 0. The zero-order chi connectivity index (χ0) is 14.1. The number of rotatable bonds is 3. The van der Waals surface area contributed by atoms with E-state index in [0.717, 1.165) is 29.8 Å². The van der Waals surface area contributed by atoms with Gasteiger partial charge in [0.25, 0.3) is 0 Å². The first kappa shape index (κ1) is 12.9. The monoisotopic (exact) mass is 274 g/mol. The molecule has 20 heavy (non-hydrogen) atoms. The van der Waals surface area contributed by atoms with Gasteiger partial charge in [0.15, 0.2) is 0 Å². The van der Waals surface area contributed by atoms with E-state index in [-0.39, 0.29) is 18.5 Å². The number of amides is 1. The first-order chi connectivity index (χ1) is 9.70. The highest BCUT2D eigenvalue weighted by Crippen LogP contribution is 2.25. The van der Waals surface area contributed by atoms with Crippen LogP contribution in [0.1, 0.15) is 6.42 Å². The summed E-state index contributed by atoms with van der Waals surface area (Å²) in [5.74, 6) is 0.902. The van der Waals surface area contributed by atoms with Crippen LogP contribution in [0.5, 0.6) is 0 Å². The zero-order valence-corrected chi connectivity index (χ0v) is 11.4. The zero-order valence-electron chi connectivity index (χ0n) is 11.4. The van der Waals surface area contributed by atoms with Crippen LogP contribution in [0.25, 0.3) is 11.0 Å². The van der Waals surface area contributed by atoms with Crippen molar-refractivity contribution in [2.24, 2.45) is 5.73 Å². The number of carbonyl (C=O) groups is 1. The molecule has 1 amide bonds. The Morgan fingerprint density at radius 1 is 1.60 bits per heavy atom. The fourth-order valence-electron chi connectivity index (χ4n) is 2.73. The Morgan fingerprint density at radius 2 is 2.45 bits per heavy atom. The molecule has 1 fully saturated rings. The van der Waals surface area contributed by atoms with Crippen LogP contribution in [0.3, 0.4) is 0 Å². The number of likely N-dealkylation sites (tertiary alicyclic amines) is 1. The molecule has 0 bridgehead atoms. The average Bonchev–Trinajstić information content (AvgIpc) is 3.13. The fraction of sp³-hybridized carbons (Fsp3) is 0.462. The lowest BCUT2D eigenvalue weighted by Crippen LogP contribution is -2.39. The predicted octanol–water partition coefficient (Wildman–Crippen LogP) is -0.0463. The van der Waals surface area contributed by atoms with Crippen LogP contribution in [0, 0.1) is 0 Å². The number of anilines is 1. The molecule has 0 saturated carbocycles. The van der Waals surface area contributed by atoms with Crippen LogP contribution >= 0.6 is 0 Å². The molecule has 0 radical (unpaired) electrons. The lowest BCUT2D eigenvalue weighted by Gasteiger charge is -2.26. The molecule has 7 nitrogen and oxygen atoms in total. The Kier molecular flexibility index (Phi) is 3.27. The average molecular weight is 274 g/mol. The van der Waals surface area contributed by atoms with Gasteiger partial charge in [0.1, 0.15) is 17.8 Å². The molecule has 1 atom stereocenters. The van der Waals surface area contributed by atoms with Gasteiger partial charge in [-0.25, -0.2) is 9.97 Å². The second kappa shape index (κ2) is 5.09. The first-order valence-corrected chi connectivity index (χ1v) is 6.69. The van der Waals surface area contributed by atoms with Gasteiger partial charge in [-0.1, -0.05) is 0 Å². The van der Waals surface area contributed by atoms with Crippen molar-refractivity contribution in [3.8, 4) is 0 Å². The van der Waals surface area contributed by atoms with Crippen LogP contribution in [0.4, 0.5) is 5.82 Å². The van der Waals surface area contributed by atoms with Crippen molar-refractivity contribution >= 4 is 22.8 Å². The minimum absolute atomic E-state index is 0.00961. The van der Waals surface area contributed by atoms with E-state index in [2.05, 4.69) is 19.9 Å². The number of hydrogen-bond acceptors (Lipinski definition) is 5. The predicted molar refractivity (Wildman–Crippen MR) is 76.3 cm³/mol. The quantitative estimate of drug-likeness (QED) is 0.819. The first-order valence-electron chi connectivity index (χ1n) is 6.69. The maximum absolute atomic E-state index is 11.6. The molecule has 7 heteroatoms. The van der Waals surface area contributed by atoms with E-state index in [1.54, 1.807) is 6.33 Å². The Morgan fingerprint density at radius 3 is 3.25 bits per heavy atom. The number of likely N-dealkylation sites (N-methyl/N-ethyl adjacent to an activating group) is 1. The van der Waals surface area contributed by atoms with Crippen molar-refractivity contribution in [2.45, 2.75) is 12.5 Å². The number of nitrogens with zero attached hydrogens (tertiary/aromatic N) is 4. The Labute approximate surface area is 116 Å². The molecular formula is C13H18N6O. The van der Waals surface area contributed by atoms with E-state index in [4.69, 9.17) is 5.73 Å². The highest BCUT2D eigenvalue weighted by molar-refractivity contribution is 5.87. The van der Waals surface area contributed by atoms with Crippen molar-refractivity contribution in [1.29, 1.82) is 0 Å².